The van der Waals surface area contributed by atoms with Crippen molar-refractivity contribution in [3.05, 3.63) is 0 Å². The van der Waals surface area contributed by atoms with Crippen LogP contribution < -0.4 is 11.2 Å². The van der Waals surface area contributed by atoms with Gasteiger partial charge in [0, 0.05) is 0 Å². The van der Waals surface area contributed by atoms with E-state index in [1.165, 1.54) is 0 Å². The first-order valence-electron chi connectivity index (χ1n) is 4.21. The number of ether oxygens (including phenoxy) is 2. The predicted molar refractivity (Wildman–Crippen MR) is 47.4 cm³/mol. The molecule has 0 fully saturated rings. The van der Waals surface area contributed by atoms with E-state index >= 15 is 0 Å². The number of primary amides is 1. The standard InChI is InChI=1S/C7H16N2O5/c8-7(11)9-14-6-5-13-4-3-12-2-1-10/h10H,1-6H2,(H3,8,9,11). The largest absolute Gasteiger partial charge is 0.394 e. The first kappa shape index (κ1) is 13.1. The summed E-state index contributed by atoms with van der Waals surface area (Å²) in [6.07, 6.45) is 0. The molecule has 0 saturated heterocycles. The fraction of sp³-hybridized carbons (Fsp3) is 0.857. The molecule has 0 aromatic heterocycles. The van der Waals surface area contributed by atoms with Crippen LogP contribution in [0.4, 0.5) is 4.79 Å². The molecule has 0 heterocycles. The highest BCUT2D eigenvalue weighted by Gasteiger charge is 1.92. The van der Waals surface area contributed by atoms with Gasteiger partial charge in [-0.3, -0.25) is 4.84 Å². The molecule has 0 aliphatic carbocycles. The van der Waals surface area contributed by atoms with Gasteiger partial charge in [0.05, 0.1) is 39.6 Å². The lowest BCUT2D eigenvalue weighted by atomic mass is 10.7. The van der Waals surface area contributed by atoms with E-state index in [1.54, 1.807) is 0 Å². The molecular formula is C7H16N2O5. The Kier molecular flexibility index (Phi) is 9.54. The summed E-state index contributed by atoms with van der Waals surface area (Å²) >= 11 is 0. The summed E-state index contributed by atoms with van der Waals surface area (Å²) in [5.74, 6) is 0. The lowest BCUT2D eigenvalue weighted by molar-refractivity contribution is -0.00970. The van der Waals surface area contributed by atoms with E-state index in [-0.39, 0.29) is 13.2 Å². The second kappa shape index (κ2) is 10.2. The van der Waals surface area contributed by atoms with Gasteiger partial charge in [0.1, 0.15) is 0 Å². The number of nitrogens with two attached hydrogens (primary N) is 1. The molecule has 0 bridgehead atoms. The third-order valence-corrected chi connectivity index (χ3v) is 1.11. The van der Waals surface area contributed by atoms with Crippen LogP contribution in [0.3, 0.4) is 0 Å². The third kappa shape index (κ3) is 11.1. The molecule has 2 amide bonds. The van der Waals surface area contributed by atoms with Gasteiger partial charge in [0.2, 0.25) is 0 Å². The highest BCUT2D eigenvalue weighted by molar-refractivity contribution is 5.70. The summed E-state index contributed by atoms with van der Waals surface area (Å²) in [4.78, 5) is 14.7. The van der Waals surface area contributed by atoms with Crippen molar-refractivity contribution in [2.24, 2.45) is 5.73 Å². The summed E-state index contributed by atoms with van der Waals surface area (Å²) < 4.78 is 9.96. The van der Waals surface area contributed by atoms with Gasteiger partial charge in [-0.2, -0.15) is 0 Å². The number of aliphatic hydroxyl groups is 1. The average molecular weight is 208 g/mol. The molecule has 0 unspecified atom stereocenters. The molecule has 14 heavy (non-hydrogen) atoms. The monoisotopic (exact) mass is 208 g/mol. The van der Waals surface area contributed by atoms with Crippen molar-refractivity contribution in [3.8, 4) is 0 Å². The van der Waals surface area contributed by atoms with Gasteiger partial charge in [-0.05, 0) is 0 Å². The summed E-state index contributed by atoms with van der Waals surface area (Å²) in [7, 11) is 0. The molecule has 84 valence electrons. The number of hydrogen-bond acceptors (Lipinski definition) is 5. The molecule has 0 aliphatic heterocycles. The van der Waals surface area contributed by atoms with Crippen LogP contribution in [0.15, 0.2) is 0 Å². The summed E-state index contributed by atoms with van der Waals surface area (Å²) in [6.45, 7) is 1.71. The Hall–Kier alpha value is -0.890. The van der Waals surface area contributed by atoms with Gasteiger partial charge in [0.15, 0.2) is 0 Å². The molecule has 0 aromatic carbocycles. The molecule has 4 N–H and O–H groups in total. The molecular weight excluding hydrogens is 192 g/mol. The third-order valence-electron chi connectivity index (χ3n) is 1.11. The summed E-state index contributed by atoms with van der Waals surface area (Å²) in [5.41, 5.74) is 6.68. The Bertz CT molecular complexity index is 144. The van der Waals surface area contributed by atoms with Crippen LogP contribution in [0, 0.1) is 0 Å². The fourth-order valence-corrected chi connectivity index (χ4v) is 0.609. The highest BCUT2D eigenvalue weighted by atomic mass is 16.7. The van der Waals surface area contributed by atoms with Crippen LogP contribution in [0.2, 0.25) is 0 Å². The molecule has 0 radical (unpaired) electrons. The van der Waals surface area contributed by atoms with Crippen molar-refractivity contribution in [2.75, 3.05) is 39.6 Å². The summed E-state index contributed by atoms with van der Waals surface area (Å²) in [5, 5.41) is 8.35. The van der Waals surface area contributed by atoms with Crippen LogP contribution in [-0.4, -0.2) is 50.8 Å². The van der Waals surface area contributed by atoms with Crippen LogP contribution in [0.5, 0.6) is 0 Å². The fourth-order valence-electron chi connectivity index (χ4n) is 0.609. The van der Waals surface area contributed by atoms with Gasteiger partial charge in [0.25, 0.3) is 0 Å². The number of carbonyl (C=O) groups is 1. The topological polar surface area (TPSA) is 103 Å². The molecule has 7 nitrogen and oxygen atoms in total. The lowest BCUT2D eigenvalue weighted by Crippen LogP contribution is -2.30. The molecule has 0 atom stereocenters. The van der Waals surface area contributed by atoms with Gasteiger partial charge in [-0.15, -0.1) is 0 Å². The van der Waals surface area contributed by atoms with E-state index in [0.717, 1.165) is 0 Å². The van der Waals surface area contributed by atoms with Crippen molar-refractivity contribution in [1.29, 1.82) is 0 Å². The minimum Gasteiger partial charge on any atom is -0.394 e. The van der Waals surface area contributed by atoms with Gasteiger partial charge in [-0.1, -0.05) is 0 Å². The maximum Gasteiger partial charge on any atom is 0.336 e. The van der Waals surface area contributed by atoms with Gasteiger partial charge < -0.3 is 20.3 Å². The van der Waals surface area contributed by atoms with E-state index in [2.05, 4.69) is 4.84 Å². The van der Waals surface area contributed by atoms with E-state index in [9.17, 15) is 4.79 Å². The van der Waals surface area contributed by atoms with Crippen molar-refractivity contribution in [1.82, 2.24) is 5.48 Å². The lowest BCUT2D eigenvalue weighted by Gasteiger charge is -2.05. The molecule has 0 saturated carbocycles. The number of nitrogens with one attached hydrogen (secondary N) is 1. The first-order chi connectivity index (χ1) is 6.77. The molecule has 0 rings (SSSR count). The Labute approximate surface area is 82.1 Å². The van der Waals surface area contributed by atoms with Crippen LogP contribution in [-0.2, 0) is 14.3 Å². The predicted octanol–water partition coefficient (Wildman–Crippen LogP) is -1.39. The van der Waals surface area contributed by atoms with Crippen LogP contribution in [0.25, 0.3) is 0 Å². The number of amides is 2. The Morgan fingerprint density at radius 1 is 1.14 bits per heavy atom. The minimum absolute atomic E-state index is 0.00560. The highest BCUT2D eigenvalue weighted by Crippen LogP contribution is 1.78. The van der Waals surface area contributed by atoms with E-state index in [4.69, 9.17) is 20.3 Å². The van der Waals surface area contributed by atoms with Crippen LogP contribution >= 0.6 is 0 Å². The second-order valence-corrected chi connectivity index (χ2v) is 2.26. The molecule has 0 aliphatic rings. The normalized spacial score (nSPS) is 10.1. The number of hydroxylamine groups is 1. The van der Waals surface area contributed by atoms with Crippen molar-refractivity contribution in [3.63, 3.8) is 0 Å². The zero-order valence-corrected chi connectivity index (χ0v) is 7.90. The van der Waals surface area contributed by atoms with Crippen molar-refractivity contribution >= 4 is 6.03 Å². The van der Waals surface area contributed by atoms with Gasteiger partial charge in [-0.25, -0.2) is 10.3 Å². The van der Waals surface area contributed by atoms with E-state index in [0.29, 0.717) is 26.4 Å². The van der Waals surface area contributed by atoms with Crippen molar-refractivity contribution < 1.29 is 24.2 Å². The maximum atomic E-state index is 10.1. The number of urea groups is 1. The molecule has 0 spiro atoms. The van der Waals surface area contributed by atoms with Gasteiger partial charge >= 0.3 is 6.03 Å². The zero-order chi connectivity index (χ0) is 10.6. The summed E-state index contributed by atoms with van der Waals surface area (Å²) in [6, 6.07) is -0.740. The SMILES string of the molecule is NC(=O)NOCCOCCOCCO. The number of rotatable bonds is 9. The number of carbonyl (C=O) groups excluding carboxylic acids is 1. The Balaban J connectivity index is 2.88. The Morgan fingerprint density at radius 3 is 2.29 bits per heavy atom. The van der Waals surface area contributed by atoms with E-state index in [1.807, 2.05) is 5.48 Å². The smallest absolute Gasteiger partial charge is 0.336 e. The zero-order valence-electron chi connectivity index (χ0n) is 7.90. The van der Waals surface area contributed by atoms with Crippen LogP contribution in [0.1, 0.15) is 0 Å². The van der Waals surface area contributed by atoms with E-state index < -0.39 is 6.03 Å². The Morgan fingerprint density at radius 2 is 1.71 bits per heavy atom. The first-order valence-corrected chi connectivity index (χ1v) is 4.21. The molecule has 0 aromatic rings. The minimum atomic E-state index is -0.740. The second-order valence-electron chi connectivity index (χ2n) is 2.26. The molecule has 7 heteroatoms. The quantitative estimate of drug-likeness (QED) is 0.320. The average Bonchev–Trinajstić information content (AvgIpc) is 2.15. The van der Waals surface area contributed by atoms with Crippen molar-refractivity contribution in [2.45, 2.75) is 0 Å². The number of aliphatic hydroxyl groups excluding tert-OH is 1. The number of hydrogen-bond donors (Lipinski definition) is 3. The maximum absolute atomic E-state index is 10.1.